The van der Waals surface area contributed by atoms with E-state index >= 15 is 0 Å². The maximum absolute atomic E-state index is 14.1. The lowest BCUT2D eigenvalue weighted by Gasteiger charge is -2.38. The molecule has 28 heavy (non-hydrogen) atoms. The molecule has 1 saturated carbocycles. The molecule has 1 N–H and O–H groups in total. The minimum atomic E-state index is -4.83. The molecular formula is C18H13F7N2O. The van der Waals surface area contributed by atoms with Crippen molar-refractivity contribution in [3.8, 4) is 0 Å². The summed E-state index contributed by atoms with van der Waals surface area (Å²) in [7, 11) is 0. The fourth-order valence-corrected chi connectivity index (χ4v) is 3.11. The summed E-state index contributed by atoms with van der Waals surface area (Å²) in [5.74, 6) is -2.73. The van der Waals surface area contributed by atoms with Crippen molar-refractivity contribution in [3.05, 3.63) is 64.7 Å². The van der Waals surface area contributed by atoms with E-state index in [2.05, 4.69) is 10.3 Å². The van der Waals surface area contributed by atoms with Crippen LogP contribution in [0.1, 0.15) is 45.9 Å². The maximum Gasteiger partial charge on any atom is 0.434 e. The first kappa shape index (κ1) is 20.1. The van der Waals surface area contributed by atoms with E-state index in [4.69, 9.17) is 0 Å². The van der Waals surface area contributed by atoms with Crippen LogP contribution in [0, 0.1) is 5.82 Å². The third-order valence-corrected chi connectivity index (χ3v) is 4.64. The number of halogens is 7. The number of carbonyl (C=O) groups is 1. The molecule has 1 aromatic carbocycles. The molecule has 1 aliphatic carbocycles. The van der Waals surface area contributed by atoms with Crippen molar-refractivity contribution in [1.29, 1.82) is 0 Å². The van der Waals surface area contributed by atoms with Gasteiger partial charge in [-0.3, -0.25) is 9.78 Å². The van der Waals surface area contributed by atoms with E-state index in [-0.39, 0.29) is 5.56 Å². The van der Waals surface area contributed by atoms with Gasteiger partial charge < -0.3 is 5.32 Å². The van der Waals surface area contributed by atoms with Crippen molar-refractivity contribution in [1.82, 2.24) is 10.3 Å². The molecule has 1 heterocycles. The Bertz CT molecular complexity index is 892. The molecule has 0 saturated heterocycles. The largest absolute Gasteiger partial charge is 0.434 e. The van der Waals surface area contributed by atoms with E-state index in [9.17, 15) is 35.5 Å². The summed E-state index contributed by atoms with van der Waals surface area (Å²) < 4.78 is 91.0. The zero-order chi connectivity index (χ0) is 20.7. The van der Waals surface area contributed by atoms with Gasteiger partial charge in [0.1, 0.15) is 5.82 Å². The number of amides is 1. The van der Waals surface area contributed by atoms with Gasteiger partial charge in [-0.25, -0.2) is 4.39 Å². The van der Waals surface area contributed by atoms with E-state index < -0.39 is 52.9 Å². The van der Waals surface area contributed by atoms with Crippen molar-refractivity contribution >= 4 is 5.91 Å². The first-order chi connectivity index (χ1) is 13.0. The number of carbonyl (C=O) groups excluding carboxylic acids is 1. The summed E-state index contributed by atoms with van der Waals surface area (Å²) in [6.45, 7) is 0. The van der Waals surface area contributed by atoms with E-state index in [0.29, 0.717) is 18.9 Å². The molecular weight excluding hydrogens is 393 g/mol. The topological polar surface area (TPSA) is 42.0 Å². The summed E-state index contributed by atoms with van der Waals surface area (Å²) in [6, 6.07) is 3.55. The van der Waals surface area contributed by atoms with E-state index in [1.165, 1.54) is 6.07 Å². The molecule has 0 aliphatic heterocycles. The highest BCUT2D eigenvalue weighted by Gasteiger charge is 2.40. The van der Waals surface area contributed by atoms with Gasteiger partial charge in [-0.2, -0.15) is 26.3 Å². The molecule has 3 rings (SSSR count). The molecule has 0 unspecified atom stereocenters. The van der Waals surface area contributed by atoms with Gasteiger partial charge in [-0.1, -0.05) is 6.07 Å². The lowest BCUT2D eigenvalue weighted by Crippen LogP contribution is -2.46. The Kier molecular flexibility index (Phi) is 5.07. The molecule has 0 bridgehead atoms. The zero-order valence-corrected chi connectivity index (χ0v) is 14.0. The van der Waals surface area contributed by atoms with Crippen LogP contribution in [0.25, 0.3) is 0 Å². The van der Waals surface area contributed by atoms with Crippen molar-refractivity contribution in [3.63, 3.8) is 0 Å². The summed E-state index contributed by atoms with van der Waals surface area (Å²) in [4.78, 5) is 15.5. The third-order valence-electron chi connectivity index (χ3n) is 4.64. The van der Waals surface area contributed by atoms with Gasteiger partial charge in [0, 0.05) is 18.2 Å². The molecule has 1 fully saturated rings. The summed E-state index contributed by atoms with van der Waals surface area (Å²) in [6.07, 6.45) is -7.87. The first-order valence-corrected chi connectivity index (χ1v) is 8.18. The summed E-state index contributed by atoms with van der Waals surface area (Å²) in [5.41, 5.74) is -3.18. The minimum Gasteiger partial charge on any atom is -0.349 e. The van der Waals surface area contributed by atoms with Crippen molar-refractivity contribution < 1.29 is 35.5 Å². The minimum absolute atomic E-state index is 0.0215. The van der Waals surface area contributed by atoms with E-state index in [1.807, 2.05) is 0 Å². The Morgan fingerprint density at radius 3 is 2.29 bits per heavy atom. The molecule has 2 aromatic rings. The number of aromatic nitrogens is 1. The first-order valence-electron chi connectivity index (χ1n) is 8.18. The van der Waals surface area contributed by atoms with Crippen LogP contribution in [0.3, 0.4) is 0 Å². The van der Waals surface area contributed by atoms with Gasteiger partial charge in [-0.15, -0.1) is 0 Å². The Morgan fingerprint density at radius 1 is 1.04 bits per heavy atom. The van der Waals surface area contributed by atoms with Gasteiger partial charge in [0.15, 0.2) is 5.69 Å². The van der Waals surface area contributed by atoms with Crippen LogP contribution in [-0.4, -0.2) is 16.9 Å². The molecule has 0 spiro atoms. The normalized spacial score (nSPS) is 19.8. The Labute approximate surface area is 154 Å². The fourth-order valence-electron chi connectivity index (χ4n) is 3.11. The monoisotopic (exact) mass is 406 g/mol. The van der Waals surface area contributed by atoms with E-state index in [1.54, 1.807) is 0 Å². The van der Waals surface area contributed by atoms with Crippen molar-refractivity contribution in [2.45, 2.75) is 37.2 Å². The van der Waals surface area contributed by atoms with Crippen LogP contribution in [0.2, 0.25) is 0 Å². The van der Waals surface area contributed by atoms with Crippen molar-refractivity contribution in [2.24, 2.45) is 0 Å². The van der Waals surface area contributed by atoms with Gasteiger partial charge in [-0.05, 0) is 42.7 Å². The molecule has 150 valence electrons. The molecule has 1 amide bonds. The number of hydrogen-bond donors (Lipinski definition) is 1. The highest BCUT2D eigenvalue weighted by Crippen LogP contribution is 2.40. The molecule has 0 radical (unpaired) electrons. The second kappa shape index (κ2) is 7.06. The summed E-state index contributed by atoms with van der Waals surface area (Å²) >= 11 is 0. The molecule has 1 aliphatic rings. The average molecular weight is 406 g/mol. The van der Waals surface area contributed by atoms with Crippen LogP contribution in [0.15, 0.2) is 36.5 Å². The third kappa shape index (κ3) is 3.95. The van der Waals surface area contributed by atoms with Crippen LogP contribution in [0.5, 0.6) is 0 Å². The fraction of sp³-hybridized carbons (Fsp3) is 0.333. The van der Waals surface area contributed by atoms with Gasteiger partial charge >= 0.3 is 12.4 Å². The highest BCUT2D eigenvalue weighted by atomic mass is 19.4. The highest BCUT2D eigenvalue weighted by molar-refractivity contribution is 5.95. The Balaban J connectivity index is 1.78. The number of benzene rings is 1. The zero-order valence-electron chi connectivity index (χ0n) is 14.0. The number of rotatable bonds is 3. The van der Waals surface area contributed by atoms with Gasteiger partial charge in [0.2, 0.25) is 0 Å². The van der Waals surface area contributed by atoms with Crippen molar-refractivity contribution in [2.75, 3.05) is 0 Å². The standard InChI is InChI=1S/C18H13F7N2O/c19-13-8-9(17(20,21)22)3-4-10(13)11-5-6-14(11)27-16(28)12-2-1-7-26-15(12)18(23,24)25/h1-4,7-8,11,14H,5-6H2,(H,27,28)/t11-,14-/m0/s1. The Hall–Kier alpha value is -2.65. The maximum atomic E-state index is 14.1. The van der Waals surface area contributed by atoms with Crippen LogP contribution in [-0.2, 0) is 12.4 Å². The molecule has 2 atom stereocenters. The summed E-state index contributed by atoms with van der Waals surface area (Å²) in [5, 5.41) is 2.40. The SMILES string of the molecule is O=C(N[C@H]1CC[C@H]1c1ccc(C(F)(F)F)cc1F)c1cccnc1C(F)(F)F. The average Bonchev–Trinajstić information content (AvgIpc) is 2.58. The molecule has 1 aromatic heterocycles. The number of nitrogens with zero attached hydrogens (tertiary/aromatic N) is 1. The predicted octanol–water partition coefficient (Wildman–Crippen LogP) is 4.93. The van der Waals surface area contributed by atoms with Gasteiger partial charge in [0.25, 0.3) is 5.91 Å². The van der Waals surface area contributed by atoms with Crippen LogP contribution in [0.4, 0.5) is 30.7 Å². The smallest absolute Gasteiger partial charge is 0.349 e. The Morgan fingerprint density at radius 2 is 1.75 bits per heavy atom. The number of nitrogens with one attached hydrogen (secondary N) is 1. The second-order valence-corrected chi connectivity index (χ2v) is 6.40. The van der Waals surface area contributed by atoms with E-state index in [0.717, 1.165) is 24.4 Å². The number of alkyl halides is 6. The second-order valence-electron chi connectivity index (χ2n) is 6.40. The lowest BCUT2D eigenvalue weighted by molar-refractivity contribution is -0.141. The quantitative estimate of drug-likeness (QED) is 0.735. The van der Waals surface area contributed by atoms with Crippen LogP contribution < -0.4 is 5.32 Å². The molecule has 3 nitrogen and oxygen atoms in total. The van der Waals surface area contributed by atoms with Gasteiger partial charge in [0.05, 0.1) is 11.1 Å². The molecule has 10 heteroatoms. The number of pyridine rings is 1. The predicted molar refractivity (Wildman–Crippen MR) is 83.9 cm³/mol. The number of hydrogen-bond acceptors (Lipinski definition) is 2. The lowest BCUT2D eigenvalue weighted by atomic mass is 9.74. The van der Waals surface area contributed by atoms with Crippen LogP contribution >= 0.6 is 0 Å².